The summed E-state index contributed by atoms with van der Waals surface area (Å²) in [5, 5.41) is 0. The van der Waals surface area contributed by atoms with Gasteiger partial charge in [0.2, 0.25) is 0 Å². The summed E-state index contributed by atoms with van der Waals surface area (Å²) in [5.41, 5.74) is 1.64. The van der Waals surface area contributed by atoms with E-state index < -0.39 is 0 Å². The number of halogens is 1. The molecule has 0 spiro atoms. The molecule has 0 unspecified atom stereocenters. The molecule has 0 atom stereocenters. The summed E-state index contributed by atoms with van der Waals surface area (Å²) in [6.07, 6.45) is 25.8. The van der Waals surface area contributed by atoms with Crippen LogP contribution >= 0.6 is 11.6 Å². The Hall–Kier alpha value is -0.0100. The molecule has 1 nitrogen and oxygen atoms in total. The van der Waals surface area contributed by atoms with Crippen LogP contribution in [0.2, 0.25) is 0 Å². The Balaban J connectivity index is -0.000000787. The van der Waals surface area contributed by atoms with Crippen molar-refractivity contribution in [3.63, 3.8) is 0 Å². The predicted molar refractivity (Wildman–Crippen MR) is 116 cm³/mol. The lowest BCUT2D eigenvalue weighted by molar-refractivity contribution is 0.536. The van der Waals surface area contributed by atoms with Gasteiger partial charge in [-0.2, -0.15) is 0 Å². The molecule has 0 aromatic carbocycles. The van der Waals surface area contributed by atoms with Gasteiger partial charge >= 0.3 is 0 Å². The molecule has 0 rings (SSSR count). The van der Waals surface area contributed by atoms with Crippen LogP contribution in [0, 0.1) is 0 Å². The fourth-order valence-electron chi connectivity index (χ4n) is 2.52. The fourth-order valence-corrected chi connectivity index (χ4v) is 2.65. The minimum absolute atomic E-state index is 0. The van der Waals surface area contributed by atoms with Crippen LogP contribution in [-0.2, 0) is 0 Å². The van der Waals surface area contributed by atoms with E-state index in [1.54, 1.807) is 5.54 Å². The molecule has 0 radical (unpaired) electrons. The van der Waals surface area contributed by atoms with Crippen molar-refractivity contribution in [1.29, 1.82) is 0 Å². The molecule has 0 aromatic rings. The molecule has 0 saturated heterocycles. The Morgan fingerprint density at radius 1 is 0.500 bits per heavy atom. The fraction of sp³-hybridized carbons (Fsp3) is 0.909. The van der Waals surface area contributed by atoms with Crippen LogP contribution in [0.5, 0.6) is 0 Å². The highest BCUT2D eigenvalue weighted by molar-refractivity contribution is 6.25. The molecule has 0 aromatic heterocycles. The highest BCUT2D eigenvalue weighted by atomic mass is 35.5. The summed E-state index contributed by atoms with van der Waals surface area (Å²) in [4.78, 5) is 0. The van der Waals surface area contributed by atoms with Gasteiger partial charge in [-0.3, -0.25) is 0 Å². The Labute approximate surface area is 159 Å². The molecule has 0 fully saturated rings. The SMILES string of the molecule is CCCC.CCCCCCCCCCCCCCCC/C=C/Cl.N. The third-order valence-corrected chi connectivity index (χ3v) is 4.49. The first kappa shape index (κ1) is 28.8. The molecule has 0 aliphatic heterocycles. The number of hydrogen-bond acceptors (Lipinski definition) is 1. The lowest BCUT2D eigenvalue weighted by Crippen LogP contribution is -1.83. The summed E-state index contributed by atoms with van der Waals surface area (Å²) in [5.74, 6) is 0. The highest BCUT2D eigenvalue weighted by Gasteiger charge is 1.93. The minimum atomic E-state index is 0. The van der Waals surface area contributed by atoms with Crippen LogP contribution in [0.4, 0.5) is 0 Å². The van der Waals surface area contributed by atoms with E-state index in [1.165, 1.54) is 103 Å². The van der Waals surface area contributed by atoms with E-state index in [-0.39, 0.29) is 6.15 Å². The average Bonchev–Trinajstić information content (AvgIpc) is 2.58. The van der Waals surface area contributed by atoms with Crippen molar-refractivity contribution in [2.24, 2.45) is 0 Å². The molecular weight excluding hydrogens is 314 g/mol. The van der Waals surface area contributed by atoms with Gasteiger partial charge in [-0.25, -0.2) is 0 Å². The predicted octanol–water partition coefficient (Wildman–Crippen LogP) is 9.58. The van der Waals surface area contributed by atoms with Crippen molar-refractivity contribution in [3.8, 4) is 0 Å². The first-order valence-corrected chi connectivity index (χ1v) is 11.0. The van der Waals surface area contributed by atoms with Crippen LogP contribution in [0.1, 0.15) is 130 Å². The largest absolute Gasteiger partial charge is 0.344 e. The second kappa shape index (κ2) is 30.8. The number of hydrogen-bond donors (Lipinski definition) is 1. The van der Waals surface area contributed by atoms with Gasteiger partial charge in [0.05, 0.1) is 0 Å². The molecule has 0 amide bonds. The topological polar surface area (TPSA) is 35.0 Å². The molecular formula is C22H48ClN. The lowest BCUT2D eigenvalue weighted by Gasteiger charge is -2.02. The van der Waals surface area contributed by atoms with Crippen molar-refractivity contribution in [3.05, 3.63) is 11.6 Å². The zero-order chi connectivity index (χ0) is 17.4. The van der Waals surface area contributed by atoms with Crippen molar-refractivity contribution < 1.29 is 0 Å². The van der Waals surface area contributed by atoms with E-state index in [1.807, 2.05) is 0 Å². The third kappa shape index (κ3) is 33.6. The summed E-state index contributed by atoms with van der Waals surface area (Å²) >= 11 is 5.48. The van der Waals surface area contributed by atoms with Crippen molar-refractivity contribution in [2.45, 2.75) is 130 Å². The molecule has 148 valence electrons. The van der Waals surface area contributed by atoms with Gasteiger partial charge in [0.1, 0.15) is 0 Å². The van der Waals surface area contributed by atoms with E-state index >= 15 is 0 Å². The standard InChI is InChI=1S/C18H35Cl.C4H10.H3N/c1-2-3-4-5-6-7-8-9-10-11-12-13-14-15-16-17-18-19;1-3-4-2;/h17-18H,2-16H2,1H3;3-4H2,1-2H3;1H3/b18-17+;;. The zero-order valence-corrected chi connectivity index (χ0v) is 18.0. The van der Waals surface area contributed by atoms with Crippen molar-refractivity contribution in [1.82, 2.24) is 6.15 Å². The van der Waals surface area contributed by atoms with Crippen molar-refractivity contribution in [2.75, 3.05) is 0 Å². The molecule has 0 saturated carbocycles. The van der Waals surface area contributed by atoms with Gasteiger partial charge in [0, 0.05) is 5.54 Å². The van der Waals surface area contributed by atoms with Crippen LogP contribution in [0.15, 0.2) is 11.6 Å². The molecule has 0 bridgehead atoms. The molecule has 0 heterocycles. The smallest absolute Gasteiger partial charge is 0.000245 e. The van der Waals surface area contributed by atoms with E-state index in [4.69, 9.17) is 11.6 Å². The first-order chi connectivity index (χ1) is 11.3. The molecule has 2 heteroatoms. The second-order valence-electron chi connectivity index (χ2n) is 6.75. The summed E-state index contributed by atoms with van der Waals surface area (Å²) in [6, 6.07) is 0. The van der Waals surface area contributed by atoms with Crippen LogP contribution in [0.25, 0.3) is 0 Å². The van der Waals surface area contributed by atoms with E-state index in [0.717, 1.165) is 6.42 Å². The van der Waals surface area contributed by atoms with Gasteiger partial charge in [0.15, 0.2) is 0 Å². The van der Waals surface area contributed by atoms with Gasteiger partial charge in [-0.15, -0.1) is 0 Å². The first-order valence-electron chi connectivity index (χ1n) is 10.6. The van der Waals surface area contributed by atoms with Gasteiger partial charge < -0.3 is 6.15 Å². The highest BCUT2D eigenvalue weighted by Crippen LogP contribution is 2.13. The average molecular weight is 362 g/mol. The normalized spacial score (nSPS) is 10.3. The van der Waals surface area contributed by atoms with E-state index in [2.05, 4.69) is 26.8 Å². The van der Waals surface area contributed by atoms with Crippen molar-refractivity contribution >= 4 is 11.6 Å². The number of allylic oxidation sites excluding steroid dienone is 1. The molecule has 0 aliphatic rings. The van der Waals surface area contributed by atoms with Crippen LogP contribution in [-0.4, -0.2) is 0 Å². The van der Waals surface area contributed by atoms with Gasteiger partial charge in [0.25, 0.3) is 0 Å². The monoisotopic (exact) mass is 361 g/mol. The quantitative estimate of drug-likeness (QED) is 0.273. The van der Waals surface area contributed by atoms with E-state index in [0.29, 0.717) is 0 Å². The van der Waals surface area contributed by atoms with Crippen LogP contribution in [0.3, 0.4) is 0 Å². The van der Waals surface area contributed by atoms with Crippen LogP contribution < -0.4 is 6.15 Å². The Kier molecular flexibility index (Phi) is 37.0. The Morgan fingerprint density at radius 2 is 0.833 bits per heavy atom. The van der Waals surface area contributed by atoms with Gasteiger partial charge in [-0.05, 0) is 12.8 Å². The maximum Gasteiger partial charge on any atom is 0.000245 e. The Bertz CT molecular complexity index is 202. The number of rotatable bonds is 16. The maximum atomic E-state index is 5.48. The summed E-state index contributed by atoms with van der Waals surface area (Å²) < 4.78 is 0. The van der Waals surface area contributed by atoms with Gasteiger partial charge in [-0.1, -0.05) is 135 Å². The third-order valence-electron chi connectivity index (χ3n) is 4.31. The molecule has 0 aliphatic carbocycles. The zero-order valence-electron chi connectivity index (χ0n) is 17.3. The lowest BCUT2D eigenvalue weighted by atomic mass is 10.0. The minimum Gasteiger partial charge on any atom is -0.344 e. The van der Waals surface area contributed by atoms with E-state index in [9.17, 15) is 0 Å². The second-order valence-corrected chi connectivity index (χ2v) is 7.00. The summed E-state index contributed by atoms with van der Waals surface area (Å²) in [6.45, 7) is 6.65. The summed E-state index contributed by atoms with van der Waals surface area (Å²) in [7, 11) is 0. The molecule has 3 N–H and O–H groups in total. The molecule has 24 heavy (non-hydrogen) atoms. The Morgan fingerprint density at radius 3 is 1.12 bits per heavy atom. The number of unbranched alkanes of at least 4 members (excludes halogenated alkanes) is 15. The maximum absolute atomic E-state index is 5.48.